The third kappa shape index (κ3) is 3.68. The van der Waals surface area contributed by atoms with Gasteiger partial charge in [0.25, 0.3) is 5.91 Å². The van der Waals surface area contributed by atoms with E-state index in [9.17, 15) is 9.18 Å². The summed E-state index contributed by atoms with van der Waals surface area (Å²) in [6.45, 7) is 0.847. The van der Waals surface area contributed by atoms with Crippen molar-refractivity contribution in [2.24, 2.45) is 0 Å². The fourth-order valence-electron chi connectivity index (χ4n) is 3.33. The van der Waals surface area contributed by atoms with Crippen LogP contribution < -0.4 is 10.6 Å². The zero-order chi connectivity index (χ0) is 19.4. The van der Waals surface area contributed by atoms with Crippen LogP contribution in [-0.2, 0) is 12.0 Å². The van der Waals surface area contributed by atoms with Crippen LogP contribution in [0.15, 0.2) is 42.7 Å². The van der Waals surface area contributed by atoms with Gasteiger partial charge < -0.3 is 10.6 Å². The number of anilines is 1. The van der Waals surface area contributed by atoms with Crippen molar-refractivity contribution in [3.05, 3.63) is 65.6 Å². The number of hydrogen-bond acceptors (Lipinski definition) is 6. The molecule has 1 amide bonds. The number of halogens is 1. The Kier molecular flexibility index (Phi) is 4.96. The number of hydrogen-bond donors (Lipinski definition) is 3. The maximum Gasteiger partial charge on any atom is 0.272 e. The summed E-state index contributed by atoms with van der Waals surface area (Å²) in [5.41, 5.74) is 1.19. The summed E-state index contributed by atoms with van der Waals surface area (Å²) in [5, 5.41) is 20.6. The largest absolute Gasteiger partial charge is 0.368 e. The van der Waals surface area contributed by atoms with E-state index in [1.165, 1.54) is 6.07 Å². The normalized spacial score (nSPS) is 14.9. The van der Waals surface area contributed by atoms with Crippen molar-refractivity contribution in [1.82, 2.24) is 30.7 Å². The molecule has 0 aliphatic heterocycles. The van der Waals surface area contributed by atoms with Crippen LogP contribution in [-0.4, -0.2) is 37.8 Å². The highest BCUT2D eigenvalue weighted by atomic mass is 19.1. The van der Waals surface area contributed by atoms with Gasteiger partial charge in [0.1, 0.15) is 11.6 Å². The van der Waals surface area contributed by atoms with Gasteiger partial charge in [-0.15, -0.1) is 10.2 Å². The molecule has 4 rings (SSSR count). The highest BCUT2D eigenvalue weighted by Crippen LogP contribution is 2.43. The van der Waals surface area contributed by atoms with Gasteiger partial charge in [-0.05, 0) is 43.2 Å². The van der Waals surface area contributed by atoms with Crippen LogP contribution in [0.3, 0.4) is 0 Å². The molecule has 3 heterocycles. The molecule has 3 N–H and O–H groups in total. The molecule has 3 aromatic rings. The van der Waals surface area contributed by atoms with Gasteiger partial charge in [-0.3, -0.25) is 14.9 Å². The Bertz CT molecular complexity index is 939. The molecule has 0 unspecified atom stereocenters. The Morgan fingerprint density at radius 3 is 2.71 bits per heavy atom. The summed E-state index contributed by atoms with van der Waals surface area (Å²) in [7, 11) is 0. The van der Waals surface area contributed by atoms with Crippen LogP contribution in [0.1, 0.15) is 41.1 Å². The summed E-state index contributed by atoms with van der Waals surface area (Å²) in [4.78, 5) is 16.4. The topological polar surface area (TPSA) is 108 Å². The predicted molar refractivity (Wildman–Crippen MR) is 100 cm³/mol. The van der Waals surface area contributed by atoms with Gasteiger partial charge in [-0.1, -0.05) is 6.42 Å². The molecular formula is C19H20FN7O. The van der Waals surface area contributed by atoms with Crippen LogP contribution in [0, 0.1) is 5.82 Å². The van der Waals surface area contributed by atoms with E-state index in [4.69, 9.17) is 0 Å². The van der Waals surface area contributed by atoms with Crippen molar-refractivity contribution in [1.29, 1.82) is 0 Å². The molecular weight excluding hydrogens is 361 g/mol. The predicted octanol–water partition coefficient (Wildman–Crippen LogP) is 2.20. The zero-order valence-corrected chi connectivity index (χ0v) is 15.2. The molecule has 1 aliphatic carbocycles. The average molecular weight is 381 g/mol. The minimum atomic E-state index is -0.326. The zero-order valence-electron chi connectivity index (χ0n) is 15.2. The molecule has 0 aromatic carbocycles. The Morgan fingerprint density at radius 2 is 2.07 bits per heavy atom. The molecule has 1 saturated carbocycles. The van der Waals surface area contributed by atoms with Gasteiger partial charge >= 0.3 is 0 Å². The summed E-state index contributed by atoms with van der Waals surface area (Å²) in [5.74, 6) is -0.0632. The molecule has 0 atom stereocenters. The lowest BCUT2D eigenvalue weighted by Gasteiger charge is -2.41. The van der Waals surface area contributed by atoms with E-state index in [-0.39, 0.29) is 22.8 Å². The monoisotopic (exact) mass is 381 g/mol. The summed E-state index contributed by atoms with van der Waals surface area (Å²) < 4.78 is 14.2. The standard InChI is InChI=1S/C19H20FN7O/c20-14-3-1-9-21-17(14)19(7-2-8-19)12-23-16-5-4-15(26-27-16)18(28)22-11-13-6-10-24-25-13/h1,3-6,9-10H,2,7-8,11-12H2,(H,22,28)(H,23,27)(H,24,25). The van der Waals surface area contributed by atoms with Crippen molar-refractivity contribution in [2.75, 3.05) is 11.9 Å². The Balaban J connectivity index is 1.36. The molecule has 9 heteroatoms. The maximum atomic E-state index is 14.2. The smallest absolute Gasteiger partial charge is 0.272 e. The number of H-pyrrole nitrogens is 1. The van der Waals surface area contributed by atoms with Crippen molar-refractivity contribution in [2.45, 2.75) is 31.2 Å². The maximum absolute atomic E-state index is 14.2. The minimum absolute atomic E-state index is 0.221. The van der Waals surface area contributed by atoms with E-state index in [1.54, 1.807) is 36.7 Å². The van der Waals surface area contributed by atoms with Gasteiger partial charge in [0, 0.05) is 24.4 Å². The summed E-state index contributed by atoms with van der Waals surface area (Å²) >= 11 is 0. The Hall–Kier alpha value is -3.36. The van der Waals surface area contributed by atoms with Crippen molar-refractivity contribution < 1.29 is 9.18 Å². The van der Waals surface area contributed by atoms with E-state index in [2.05, 4.69) is 36.0 Å². The fraction of sp³-hybridized carbons (Fsp3) is 0.316. The van der Waals surface area contributed by atoms with Crippen molar-refractivity contribution in [3.63, 3.8) is 0 Å². The first kappa shape index (κ1) is 18.0. The van der Waals surface area contributed by atoms with E-state index in [0.717, 1.165) is 25.0 Å². The van der Waals surface area contributed by atoms with Gasteiger partial charge in [0.2, 0.25) is 0 Å². The molecule has 1 aliphatic rings. The molecule has 28 heavy (non-hydrogen) atoms. The third-order valence-electron chi connectivity index (χ3n) is 5.07. The lowest BCUT2D eigenvalue weighted by atomic mass is 9.66. The third-order valence-corrected chi connectivity index (χ3v) is 5.07. The van der Waals surface area contributed by atoms with Crippen LogP contribution in [0.4, 0.5) is 10.2 Å². The van der Waals surface area contributed by atoms with E-state index >= 15 is 0 Å². The first-order valence-electron chi connectivity index (χ1n) is 9.11. The van der Waals surface area contributed by atoms with Crippen LogP contribution in [0.5, 0.6) is 0 Å². The number of pyridine rings is 1. The van der Waals surface area contributed by atoms with Crippen molar-refractivity contribution >= 4 is 11.7 Å². The number of carbonyl (C=O) groups is 1. The highest BCUT2D eigenvalue weighted by molar-refractivity contribution is 5.92. The molecule has 0 bridgehead atoms. The molecule has 0 radical (unpaired) electrons. The number of aromatic amines is 1. The quantitative estimate of drug-likeness (QED) is 0.579. The molecule has 0 spiro atoms. The molecule has 3 aromatic heterocycles. The van der Waals surface area contributed by atoms with Gasteiger partial charge in [-0.25, -0.2) is 4.39 Å². The number of rotatable bonds is 7. The second kappa shape index (κ2) is 7.71. The van der Waals surface area contributed by atoms with Crippen LogP contribution >= 0.6 is 0 Å². The number of aromatic nitrogens is 5. The van der Waals surface area contributed by atoms with Gasteiger partial charge in [0.15, 0.2) is 5.69 Å². The van der Waals surface area contributed by atoms with E-state index in [1.807, 2.05) is 0 Å². The summed E-state index contributed by atoms with van der Waals surface area (Å²) in [6.07, 6.45) is 6.02. The van der Waals surface area contributed by atoms with Gasteiger partial charge in [0.05, 0.1) is 17.9 Å². The number of nitrogens with one attached hydrogen (secondary N) is 3. The first-order valence-corrected chi connectivity index (χ1v) is 9.11. The molecule has 8 nitrogen and oxygen atoms in total. The second-order valence-corrected chi connectivity index (χ2v) is 6.89. The van der Waals surface area contributed by atoms with Crippen LogP contribution in [0.25, 0.3) is 0 Å². The average Bonchev–Trinajstić information content (AvgIpc) is 3.21. The van der Waals surface area contributed by atoms with Crippen LogP contribution in [0.2, 0.25) is 0 Å². The lowest BCUT2D eigenvalue weighted by molar-refractivity contribution is 0.0944. The first-order chi connectivity index (χ1) is 13.7. The molecule has 0 saturated heterocycles. The fourth-order valence-corrected chi connectivity index (χ4v) is 3.33. The molecule has 1 fully saturated rings. The number of carbonyl (C=O) groups excluding carboxylic acids is 1. The highest BCUT2D eigenvalue weighted by Gasteiger charge is 2.41. The lowest BCUT2D eigenvalue weighted by Crippen LogP contribution is -2.42. The number of nitrogens with zero attached hydrogens (tertiary/aromatic N) is 4. The van der Waals surface area contributed by atoms with E-state index < -0.39 is 0 Å². The van der Waals surface area contributed by atoms with E-state index in [0.29, 0.717) is 24.6 Å². The second-order valence-electron chi connectivity index (χ2n) is 6.89. The Labute approximate surface area is 161 Å². The number of amides is 1. The Morgan fingerprint density at radius 1 is 1.18 bits per heavy atom. The minimum Gasteiger partial charge on any atom is -0.368 e. The van der Waals surface area contributed by atoms with Crippen molar-refractivity contribution in [3.8, 4) is 0 Å². The summed E-state index contributed by atoms with van der Waals surface area (Å²) in [6, 6.07) is 8.12. The van der Waals surface area contributed by atoms with Gasteiger partial charge in [-0.2, -0.15) is 5.10 Å². The molecule has 144 valence electrons. The SMILES string of the molecule is O=C(NCc1ccn[nH]1)c1ccc(NCC2(c3ncccc3F)CCC2)nn1.